The van der Waals surface area contributed by atoms with Crippen molar-refractivity contribution >= 4 is 12.0 Å². The Morgan fingerprint density at radius 1 is 1.35 bits per heavy atom. The zero-order chi connectivity index (χ0) is 14.6. The minimum Gasteiger partial charge on any atom is -0.479 e. The van der Waals surface area contributed by atoms with E-state index in [1.165, 1.54) is 4.90 Å². The molecule has 2 rings (SSSR count). The van der Waals surface area contributed by atoms with Crippen molar-refractivity contribution in [2.75, 3.05) is 6.54 Å². The number of nitrogens with one attached hydrogen (secondary N) is 1. The summed E-state index contributed by atoms with van der Waals surface area (Å²) in [5.74, 6) is -0.910. The molecule has 0 saturated carbocycles. The van der Waals surface area contributed by atoms with Crippen LogP contribution in [-0.2, 0) is 11.3 Å². The van der Waals surface area contributed by atoms with E-state index >= 15 is 0 Å². The van der Waals surface area contributed by atoms with Crippen LogP contribution in [0.1, 0.15) is 31.7 Å². The lowest BCUT2D eigenvalue weighted by Crippen LogP contribution is -2.55. The molecule has 1 unspecified atom stereocenters. The quantitative estimate of drug-likeness (QED) is 0.886. The SMILES string of the molecule is CCC1(C(=O)O)CCCN1C(=O)NCc1ccccc1. The number of benzene rings is 1. The number of aliphatic carboxylic acids is 1. The number of rotatable bonds is 4. The third kappa shape index (κ3) is 2.61. The Morgan fingerprint density at radius 3 is 2.65 bits per heavy atom. The molecule has 2 N–H and O–H groups in total. The van der Waals surface area contributed by atoms with Gasteiger partial charge in [0.05, 0.1) is 0 Å². The molecule has 1 aliphatic heterocycles. The lowest BCUT2D eigenvalue weighted by Gasteiger charge is -2.33. The van der Waals surface area contributed by atoms with Crippen molar-refractivity contribution in [2.45, 2.75) is 38.3 Å². The molecule has 0 bridgehead atoms. The Balaban J connectivity index is 2.03. The molecule has 1 atom stereocenters. The van der Waals surface area contributed by atoms with Crippen LogP contribution in [0.15, 0.2) is 30.3 Å². The van der Waals surface area contributed by atoms with Crippen molar-refractivity contribution in [3.05, 3.63) is 35.9 Å². The molecule has 1 aromatic carbocycles. The molecule has 1 aliphatic rings. The molecule has 0 radical (unpaired) electrons. The van der Waals surface area contributed by atoms with Gasteiger partial charge in [0.15, 0.2) is 0 Å². The van der Waals surface area contributed by atoms with E-state index < -0.39 is 11.5 Å². The highest BCUT2D eigenvalue weighted by Crippen LogP contribution is 2.32. The molecule has 5 nitrogen and oxygen atoms in total. The van der Waals surface area contributed by atoms with E-state index in [-0.39, 0.29) is 6.03 Å². The molecule has 1 heterocycles. The van der Waals surface area contributed by atoms with Crippen LogP contribution in [0.2, 0.25) is 0 Å². The van der Waals surface area contributed by atoms with E-state index in [1.54, 1.807) is 0 Å². The molecule has 0 aromatic heterocycles. The van der Waals surface area contributed by atoms with E-state index in [0.717, 1.165) is 12.0 Å². The Kier molecular flexibility index (Phi) is 4.27. The Hall–Kier alpha value is -2.04. The number of likely N-dealkylation sites (tertiary alicyclic amines) is 1. The normalized spacial score (nSPS) is 21.8. The summed E-state index contributed by atoms with van der Waals surface area (Å²) >= 11 is 0. The highest BCUT2D eigenvalue weighted by molar-refractivity contribution is 5.87. The first-order valence-electron chi connectivity index (χ1n) is 6.93. The minimum absolute atomic E-state index is 0.296. The predicted octanol–water partition coefficient (Wildman–Crippen LogP) is 2.23. The summed E-state index contributed by atoms with van der Waals surface area (Å²) in [5, 5.41) is 12.3. The van der Waals surface area contributed by atoms with Gasteiger partial charge in [-0.3, -0.25) is 0 Å². The Labute approximate surface area is 118 Å². The average molecular weight is 276 g/mol. The maximum Gasteiger partial charge on any atom is 0.329 e. The third-order valence-corrected chi connectivity index (χ3v) is 4.00. The maximum atomic E-state index is 12.2. The topological polar surface area (TPSA) is 69.6 Å². The van der Waals surface area contributed by atoms with Crippen LogP contribution in [0.25, 0.3) is 0 Å². The van der Waals surface area contributed by atoms with Crippen molar-refractivity contribution in [3.8, 4) is 0 Å². The average Bonchev–Trinajstić information content (AvgIpc) is 2.91. The third-order valence-electron chi connectivity index (χ3n) is 4.00. The molecule has 2 amide bonds. The van der Waals surface area contributed by atoms with Gasteiger partial charge in [-0.2, -0.15) is 0 Å². The molecule has 1 fully saturated rings. The molecule has 1 aromatic rings. The Morgan fingerprint density at radius 2 is 2.05 bits per heavy atom. The number of hydrogen-bond acceptors (Lipinski definition) is 2. The van der Waals surface area contributed by atoms with Gasteiger partial charge in [0.25, 0.3) is 0 Å². The summed E-state index contributed by atoms with van der Waals surface area (Å²) in [6.45, 7) is 2.73. The lowest BCUT2D eigenvalue weighted by molar-refractivity contribution is -0.148. The van der Waals surface area contributed by atoms with Crippen LogP contribution >= 0.6 is 0 Å². The molecule has 108 valence electrons. The van der Waals surface area contributed by atoms with E-state index in [2.05, 4.69) is 5.32 Å². The maximum absolute atomic E-state index is 12.2. The smallest absolute Gasteiger partial charge is 0.329 e. The number of amides is 2. The first kappa shape index (κ1) is 14.4. The highest BCUT2D eigenvalue weighted by atomic mass is 16.4. The van der Waals surface area contributed by atoms with Crippen LogP contribution in [0.5, 0.6) is 0 Å². The fraction of sp³-hybridized carbons (Fsp3) is 0.467. The molecule has 0 aliphatic carbocycles. The zero-order valence-corrected chi connectivity index (χ0v) is 11.6. The number of carboxylic acids is 1. The lowest BCUT2D eigenvalue weighted by atomic mass is 9.93. The fourth-order valence-electron chi connectivity index (χ4n) is 2.78. The van der Waals surface area contributed by atoms with Gasteiger partial charge in [0.1, 0.15) is 5.54 Å². The van der Waals surface area contributed by atoms with Crippen molar-refractivity contribution in [2.24, 2.45) is 0 Å². The molecular formula is C15H20N2O3. The molecule has 0 spiro atoms. The second-order valence-electron chi connectivity index (χ2n) is 5.09. The van der Waals surface area contributed by atoms with Crippen molar-refractivity contribution < 1.29 is 14.7 Å². The minimum atomic E-state index is -1.04. The fourth-order valence-corrected chi connectivity index (χ4v) is 2.78. The van der Waals surface area contributed by atoms with E-state index in [4.69, 9.17) is 0 Å². The summed E-state index contributed by atoms with van der Waals surface area (Å²) in [4.78, 5) is 25.2. The van der Waals surface area contributed by atoms with Crippen molar-refractivity contribution in [1.29, 1.82) is 0 Å². The molecular weight excluding hydrogens is 256 g/mol. The van der Waals surface area contributed by atoms with Crippen molar-refractivity contribution in [1.82, 2.24) is 10.2 Å². The van der Waals surface area contributed by atoms with Gasteiger partial charge in [-0.25, -0.2) is 9.59 Å². The van der Waals surface area contributed by atoms with Crippen LogP contribution in [0.3, 0.4) is 0 Å². The predicted molar refractivity (Wildman–Crippen MR) is 75.3 cm³/mol. The first-order chi connectivity index (χ1) is 9.60. The van der Waals surface area contributed by atoms with Gasteiger partial charge >= 0.3 is 12.0 Å². The van der Waals surface area contributed by atoms with Gasteiger partial charge in [0.2, 0.25) is 0 Å². The van der Waals surface area contributed by atoms with Crippen LogP contribution in [0, 0.1) is 0 Å². The number of carboxylic acid groups (broad SMARTS) is 1. The molecule has 1 saturated heterocycles. The number of hydrogen-bond donors (Lipinski definition) is 2. The van der Waals surface area contributed by atoms with E-state index in [0.29, 0.717) is 25.9 Å². The largest absolute Gasteiger partial charge is 0.479 e. The van der Waals surface area contributed by atoms with Gasteiger partial charge in [-0.1, -0.05) is 37.3 Å². The van der Waals surface area contributed by atoms with Crippen molar-refractivity contribution in [3.63, 3.8) is 0 Å². The van der Waals surface area contributed by atoms with Crippen LogP contribution in [-0.4, -0.2) is 34.1 Å². The summed E-state index contributed by atoms with van der Waals surface area (Å²) < 4.78 is 0. The monoisotopic (exact) mass is 276 g/mol. The number of carbonyl (C=O) groups is 2. The van der Waals surface area contributed by atoms with Gasteiger partial charge in [-0.05, 0) is 24.8 Å². The summed E-state index contributed by atoms with van der Waals surface area (Å²) in [5.41, 5.74) is -0.0432. The second kappa shape index (κ2) is 5.94. The number of urea groups is 1. The van der Waals surface area contributed by atoms with Gasteiger partial charge in [-0.15, -0.1) is 0 Å². The van der Waals surface area contributed by atoms with E-state index in [1.807, 2.05) is 37.3 Å². The second-order valence-corrected chi connectivity index (χ2v) is 5.09. The zero-order valence-electron chi connectivity index (χ0n) is 11.6. The Bertz CT molecular complexity index is 489. The standard InChI is InChI=1S/C15H20N2O3/c1-2-15(13(18)19)9-6-10-17(15)14(20)16-11-12-7-4-3-5-8-12/h3-5,7-8H,2,6,9-11H2,1H3,(H,16,20)(H,18,19). The molecule has 5 heteroatoms. The highest BCUT2D eigenvalue weighted by Gasteiger charge is 2.48. The van der Waals surface area contributed by atoms with E-state index in [9.17, 15) is 14.7 Å². The number of carbonyl (C=O) groups excluding carboxylic acids is 1. The first-order valence-corrected chi connectivity index (χ1v) is 6.93. The summed E-state index contributed by atoms with van der Waals surface area (Å²) in [6, 6.07) is 9.28. The van der Waals surface area contributed by atoms with Crippen LogP contribution < -0.4 is 5.32 Å². The van der Waals surface area contributed by atoms with Crippen LogP contribution in [0.4, 0.5) is 4.79 Å². The molecule has 20 heavy (non-hydrogen) atoms. The summed E-state index contributed by atoms with van der Waals surface area (Å²) in [6.07, 6.45) is 1.69. The van der Waals surface area contributed by atoms with Gasteiger partial charge < -0.3 is 15.3 Å². The van der Waals surface area contributed by atoms with Gasteiger partial charge in [0, 0.05) is 13.1 Å². The number of nitrogens with zero attached hydrogens (tertiary/aromatic N) is 1. The summed E-state index contributed by atoms with van der Waals surface area (Å²) in [7, 11) is 0.